The van der Waals surface area contributed by atoms with Crippen LogP contribution in [0.3, 0.4) is 0 Å². The molecule has 0 aromatic heterocycles. The number of hydrogen-bond acceptors (Lipinski definition) is 1. The average molecular weight is 180 g/mol. The Kier molecular flexibility index (Phi) is 3.32. The summed E-state index contributed by atoms with van der Waals surface area (Å²) in [4.78, 5) is 0. The number of hydrogen-bond donors (Lipinski definition) is 1. The molecule has 0 aliphatic rings. The quantitative estimate of drug-likeness (QED) is 0.756. The summed E-state index contributed by atoms with van der Waals surface area (Å²) in [6.07, 6.45) is 0.232. The van der Waals surface area contributed by atoms with E-state index in [-0.39, 0.29) is 6.10 Å². The molecule has 0 aliphatic carbocycles. The van der Waals surface area contributed by atoms with Gasteiger partial charge in [-0.05, 0) is 32.9 Å². The molecular formula is C11H18NO+. The molecule has 0 radical (unpaired) electrons. The molecule has 0 aliphatic heterocycles. The van der Waals surface area contributed by atoms with Crippen molar-refractivity contribution in [3.8, 4) is 5.75 Å². The van der Waals surface area contributed by atoms with Crippen LogP contribution < -0.4 is 10.5 Å². The van der Waals surface area contributed by atoms with E-state index < -0.39 is 0 Å². The first-order chi connectivity index (χ1) is 6.09. The highest BCUT2D eigenvalue weighted by molar-refractivity contribution is 5.29. The van der Waals surface area contributed by atoms with Gasteiger partial charge >= 0.3 is 0 Å². The molecule has 0 heterocycles. The van der Waals surface area contributed by atoms with E-state index in [2.05, 4.69) is 24.8 Å². The summed E-state index contributed by atoms with van der Waals surface area (Å²) in [5, 5.41) is 0. The molecule has 1 aromatic carbocycles. The Morgan fingerprint density at radius 1 is 1.23 bits per heavy atom. The third kappa shape index (κ3) is 3.07. The molecule has 2 heteroatoms. The van der Waals surface area contributed by atoms with Crippen LogP contribution in [-0.4, -0.2) is 6.10 Å². The molecule has 72 valence electrons. The van der Waals surface area contributed by atoms with Crippen LogP contribution in [0.25, 0.3) is 0 Å². The van der Waals surface area contributed by atoms with Crippen molar-refractivity contribution in [3.63, 3.8) is 0 Å². The smallest absolute Gasteiger partial charge is 0.120 e. The molecular weight excluding hydrogens is 162 g/mol. The highest BCUT2D eigenvalue weighted by atomic mass is 16.5. The van der Waals surface area contributed by atoms with Crippen molar-refractivity contribution in [2.24, 2.45) is 0 Å². The van der Waals surface area contributed by atoms with E-state index in [1.807, 2.05) is 26.0 Å². The van der Waals surface area contributed by atoms with Gasteiger partial charge in [0.15, 0.2) is 0 Å². The lowest BCUT2D eigenvalue weighted by atomic mass is 10.1. The molecule has 0 fully saturated rings. The lowest BCUT2D eigenvalue weighted by Crippen LogP contribution is -2.51. The first-order valence-corrected chi connectivity index (χ1v) is 4.69. The van der Waals surface area contributed by atoms with Gasteiger partial charge in [-0.1, -0.05) is 12.1 Å². The Hall–Kier alpha value is -1.02. The number of quaternary nitrogens is 1. The largest absolute Gasteiger partial charge is 0.491 e. The molecule has 1 rings (SSSR count). The SMILES string of the molecule is CC(C)Oc1cccc([C@H](C)[NH3+])c1. The molecule has 13 heavy (non-hydrogen) atoms. The van der Waals surface area contributed by atoms with Crippen LogP contribution in [0.15, 0.2) is 24.3 Å². The van der Waals surface area contributed by atoms with Gasteiger partial charge in [-0.15, -0.1) is 0 Å². The normalized spacial score (nSPS) is 13.0. The lowest BCUT2D eigenvalue weighted by molar-refractivity contribution is -0.420. The number of benzene rings is 1. The Bertz CT molecular complexity index is 269. The van der Waals surface area contributed by atoms with Crippen LogP contribution in [0.4, 0.5) is 0 Å². The van der Waals surface area contributed by atoms with E-state index in [9.17, 15) is 0 Å². The molecule has 1 atom stereocenters. The summed E-state index contributed by atoms with van der Waals surface area (Å²) < 4.78 is 5.58. The topological polar surface area (TPSA) is 36.9 Å². The highest BCUT2D eigenvalue weighted by Gasteiger charge is 2.04. The molecule has 0 saturated heterocycles. The zero-order valence-corrected chi connectivity index (χ0v) is 8.58. The van der Waals surface area contributed by atoms with Crippen molar-refractivity contribution in [1.82, 2.24) is 0 Å². The molecule has 0 spiro atoms. The zero-order valence-electron chi connectivity index (χ0n) is 8.58. The standard InChI is InChI=1S/C11H17NO/c1-8(2)13-11-6-4-5-10(7-11)9(3)12/h4-9H,12H2,1-3H3/p+1/t9-/m0/s1. The van der Waals surface area contributed by atoms with E-state index in [4.69, 9.17) is 4.74 Å². The van der Waals surface area contributed by atoms with Gasteiger partial charge in [-0.2, -0.15) is 0 Å². The van der Waals surface area contributed by atoms with Crippen molar-refractivity contribution in [3.05, 3.63) is 29.8 Å². The summed E-state index contributed by atoms with van der Waals surface area (Å²) >= 11 is 0. The average Bonchev–Trinajstić information content (AvgIpc) is 2.03. The predicted molar refractivity (Wildman–Crippen MR) is 53.5 cm³/mol. The second-order valence-corrected chi connectivity index (χ2v) is 3.64. The fourth-order valence-electron chi connectivity index (χ4n) is 1.17. The Morgan fingerprint density at radius 3 is 2.46 bits per heavy atom. The first-order valence-electron chi connectivity index (χ1n) is 4.69. The van der Waals surface area contributed by atoms with Crippen LogP contribution in [0.2, 0.25) is 0 Å². The molecule has 0 saturated carbocycles. The summed E-state index contributed by atoms with van der Waals surface area (Å²) in [7, 11) is 0. The zero-order chi connectivity index (χ0) is 9.84. The molecule has 0 amide bonds. The second-order valence-electron chi connectivity index (χ2n) is 3.64. The van der Waals surface area contributed by atoms with Gasteiger partial charge in [-0.3, -0.25) is 0 Å². The first kappa shape index (κ1) is 10.1. The Morgan fingerprint density at radius 2 is 1.92 bits per heavy atom. The van der Waals surface area contributed by atoms with Gasteiger partial charge in [0.2, 0.25) is 0 Å². The van der Waals surface area contributed by atoms with E-state index >= 15 is 0 Å². The van der Waals surface area contributed by atoms with E-state index in [1.165, 1.54) is 5.56 Å². The van der Waals surface area contributed by atoms with Gasteiger partial charge in [-0.25, -0.2) is 0 Å². The summed E-state index contributed by atoms with van der Waals surface area (Å²) in [5.74, 6) is 0.933. The van der Waals surface area contributed by atoms with E-state index in [0.717, 1.165) is 5.75 Å². The summed E-state index contributed by atoms with van der Waals surface area (Å²) in [5.41, 5.74) is 5.19. The number of ether oxygens (including phenoxy) is 1. The fraction of sp³-hybridized carbons (Fsp3) is 0.455. The predicted octanol–water partition coefficient (Wildman–Crippen LogP) is 1.78. The second kappa shape index (κ2) is 4.28. The maximum Gasteiger partial charge on any atom is 0.120 e. The maximum absolute atomic E-state index is 5.58. The van der Waals surface area contributed by atoms with E-state index in [0.29, 0.717) is 6.04 Å². The third-order valence-electron chi connectivity index (χ3n) is 1.80. The third-order valence-corrected chi connectivity index (χ3v) is 1.80. The lowest BCUT2D eigenvalue weighted by Gasteiger charge is -2.11. The summed E-state index contributed by atoms with van der Waals surface area (Å²) in [6.45, 7) is 6.13. The minimum atomic E-state index is 0.232. The Balaban J connectivity index is 2.79. The molecule has 3 N–H and O–H groups in total. The van der Waals surface area contributed by atoms with Crippen molar-refractivity contribution in [1.29, 1.82) is 0 Å². The van der Waals surface area contributed by atoms with Crippen LogP contribution >= 0.6 is 0 Å². The van der Waals surface area contributed by atoms with Crippen LogP contribution in [0.1, 0.15) is 32.4 Å². The van der Waals surface area contributed by atoms with Gasteiger partial charge in [0.05, 0.1) is 6.10 Å². The van der Waals surface area contributed by atoms with Crippen molar-refractivity contribution < 1.29 is 10.5 Å². The monoisotopic (exact) mass is 180 g/mol. The number of rotatable bonds is 3. The molecule has 0 unspecified atom stereocenters. The van der Waals surface area contributed by atoms with Gasteiger partial charge < -0.3 is 10.5 Å². The highest BCUT2D eigenvalue weighted by Crippen LogP contribution is 2.17. The molecule has 0 bridgehead atoms. The van der Waals surface area contributed by atoms with Gasteiger partial charge in [0, 0.05) is 5.56 Å². The Labute approximate surface area is 79.7 Å². The minimum Gasteiger partial charge on any atom is -0.491 e. The molecule has 1 aromatic rings. The fourth-order valence-corrected chi connectivity index (χ4v) is 1.17. The minimum absolute atomic E-state index is 0.232. The van der Waals surface area contributed by atoms with Crippen molar-refractivity contribution >= 4 is 0 Å². The van der Waals surface area contributed by atoms with Gasteiger partial charge in [0.25, 0.3) is 0 Å². The van der Waals surface area contributed by atoms with Gasteiger partial charge in [0.1, 0.15) is 11.8 Å². The molecule has 2 nitrogen and oxygen atoms in total. The maximum atomic E-state index is 5.58. The van der Waals surface area contributed by atoms with Crippen molar-refractivity contribution in [2.75, 3.05) is 0 Å². The van der Waals surface area contributed by atoms with Crippen LogP contribution in [-0.2, 0) is 0 Å². The van der Waals surface area contributed by atoms with Crippen LogP contribution in [0.5, 0.6) is 5.75 Å². The summed E-state index contributed by atoms with van der Waals surface area (Å²) in [6, 6.07) is 8.43. The van der Waals surface area contributed by atoms with Crippen molar-refractivity contribution in [2.45, 2.75) is 32.9 Å². The van der Waals surface area contributed by atoms with Crippen LogP contribution in [0, 0.1) is 0 Å². The van der Waals surface area contributed by atoms with E-state index in [1.54, 1.807) is 0 Å².